The van der Waals surface area contributed by atoms with Crippen LogP contribution in [0, 0.1) is 11.9 Å². The second-order valence-corrected chi connectivity index (χ2v) is 8.42. The van der Waals surface area contributed by atoms with E-state index in [0.29, 0.717) is 30.3 Å². The second-order valence-electron chi connectivity index (χ2n) is 8.42. The molecule has 5 rings (SSSR count). The molecule has 1 aliphatic rings. The van der Waals surface area contributed by atoms with Crippen LogP contribution in [0.5, 0.6) is 0 Å². The van der Waals surface area contributed by atoms with Gasteiger partial charge in [-0.15, -0.1) is 0 Å². The Labute approximate surface area is 195 Å². The van der Waals surface area contributed by atoms with Gasteiger partial charge < -0.3 is 10.6 Å². The van der Waals surface area contributed by atoms with Gasteiger partial charge in [0.1, 0.15) is 0 Å². The minimum absolute atomic E-state index is 0.185. The third kappa shape index (κ3) is 4.50. The highest BCUT2D eigenvalue weighted by molar-refractivity contribution is 6.15. The summed E-state index contributed by atoms with van der Waals surface area (Å²) < 4.78 is 14.6. The van der Waals surface area contributed by atoms with E-state index in [1.54, 1.807) is 18.2 Å². The molecule has 4 aromatic rings. The second kappa shape index (κ2) is 9.38. The first kappa shape index (κ1) is 21.7. The average molecular weight is 458 g/mol. The number of nitrogens with zero attached hydrogens (tertiary/aromatic N) is 4. The fourth-order valence-corrected chi connectivity index (χ4v) is 4.12. The van der Waals surface area contributed by atoms with Crippen molar-refractivity contribution in [2.45, 2.75) is 25.8 Å². The first-order chi connectivity index (χ1) is 16.6. The largest absolute Gasteiger partial charge is 0.350 e. The molecule has 2 N–H and O–H groups in total. The number of nitrogens with one attached hydrogen (secondary N) is 2. The lowest BCUT2D eigenvalue weighted by Gasteiger charge is -2.25. The molecule has 2 heterocycles. The van der Waals surface area contributed by atoms with Crippen LogP contribution in [-0.4, -0.2) is 38.3 Å². The van der Waals surface area contributed by atoms with Crippen LogP contribution >= 0.6 is 0 Å². The Kier molecular flexibility index (Phi) is 5.99. The summed E-state index contributed by atoms with van der Waals surface area (Å²) in [7, 11) is 0. The van der Waals surface area contributed by atoms with Gasteiger partial charge >= 0.3 is 0 Å². The van der Waals surface area contributed by atoms with Gasteiger partial charge in [0, 0.05) is 18.3 Å². The zero-order valence-electron chi connectivity index (χ0n) is 18.4. The van der Waals surface area contributed by atoms with Gasteiger partial charge in [0.05, 0.1) is 18.4 Å². The van der Waals surface area contributed by atoms with Crippen molar-refractivity contribution in [1.82, 2.24) is 25.3 Å². The summed E-state index contributed by atoms with van der Waals surface area (Å²) in [6, 6.07) is 14.3. The van der Waals surface area contributed by atoms with E-state index in [0.717, 1.165) is 29.2 Å². The molecule has 2 aromatic carbocycles. The van der Waals surface area contributed by atoms with E-state index in [-0.39, 0.29) is 17.5 Å². The Morgan fingerprint density at radius 2 is 1.85 bits per heavy atom. The van der Waals surface area contributed by atoms with Crippen molar-refractivity contribution in [1.29, 1.82) is 0 Å². The molecule has 1 fully saturated rings. The van der Waals surface area contributed by atoms with E-state index in [9.17, 15) is 14.0 Å². The molecule has 1 aliphatic carbocycles. The van der Waals surface area contributed by atoms with Gasteiger partial charge in [0.25, 0.3) is 17.8 Å². The van der Waals surface area contributed by atoms with E-state index in [1.807, 2.05) is 30.3 Å². The fraction of sp³-hybridized carbons (Fsp3) is 0.240. The average Bonchev–Trinajstić information content (AvgIpc) is 3.23. The SMILES string of the molecule is O=C(NCC1CCC1)c1ncccc1NC(=O)c1ccc(Cn2cc(F)nn2)c2ccccc12. The fourth-order valence-electron chi connectivity index (χ4n) is 4.12. The molecule has 0 radical (unpaired) electrons. The van der Waals surface area contributed by atoms with Crippen LogP contribution in [0.3, 0.4) is 0 Å². The van der Waals surface area contributed by atoms with E-state index in [2.05, 4.69) is 25.9 Å². The van der Waals surface area contributed by atoms with Crippen LogP contribution in [0.15, 0.2) is 60.9 Å². The molecule has 0 saturated heterocycles. The molecule has 9 heteroatoms. The number of carbonyl (C=O) groups excluding carboxylic acids is 2. The molecule has 172 valence electrons. The number of anilines is 1. The van der Waals surface area contributed by atoms with E-state index < -0.39 is 5.95 Å². The number of benzene rings is 2. The maximum absolute atomic E-state index is 13.2. The number of hydrogen-bond acceptors (Lipinski definition) is 5. The number of carbonyl (C=O) groups is 2. The van der Waals surface area contributed by atoms with Crippen molar-refractivity contribution in [3.63, 3.8) is 0 Å². The highest BCUT2D eigenvalue weighted by Crippen LogP contribution is 2.26. The van der Waals surface area contributed by atoms with Crippen LogP contribution in [0.1, 0.15) is 45.7 Å². The third-order valence-electron chi connectivity index (χ3n) is 6.15. The van der Waals surface area contributed by atoms with Crippen LogP contribution in [0.2, 0.25) is 0 Å². The lowest BCUT2D eigenvalue weighted by Crippen LogP contribution is -2.33. The molecular weight excluding hydrogens is 435 g/mol. The summed E-state index contributed by atoms with van der Waals surface area (Å²) in [6.07, 6.45) is 6.20. The van der Waals surface area contributed by atoms with Gasteiger partial charge in [-0.25, -0.2) is 9.67 Å². The van der Waals surface area contributed by atoms with Gasteiger partial charge in [-0.2, -0.15) is 4.39 Å². The third-order valence-corrected chi connectivity index (χ3v) is 6.15. The Morgan fingerprint density at radius 3 is 2.59 bits per heavy atom. The number of aromatic nitrogens is 4. The summed E-state index contributed by atoms with van der Waals surface area (Å²) in [6.45, 7) is 0.928. The molecule has 0 unspecified atom stereocenters. The highest BCUT2D eigenvalue weighted by atomic mass is 19.1. The van der Waals surface area contributed by atoms with Gasteiger partial charge in [-0.3, -0.25) is 9.59 Å². The van der Waals surface area contributed by atoms with E-state index >= 15 is 0 Å². The Balaban J connectivity index is 1.39. The van der Waals surface area contributed by atoms with E-state index in [1.165, 1.54) is 23.5 Å². The zero-order chi connectivity index (χ0) is 23.5. The summed E-state index contributed by atoms with van der Waals surface area (Å²) in [4.78, 5) is 30.1. The van der Waals surface area contributed by atoms with Crippen molar-refractivity contribution in [3.05, 3.63) is 83.7 Å². The molecule has 8 nitrogen and oxygen atoms in total. The zero-order valence-corrected chi connectivity index (χ0v) is 18.4. The Morgan fingerprint density at radius 1 is 1.03 bits per heavy atom. The van der Waals surface area contributed by atoms with Gasteiger partial charge in [-0.05, 0) is 53.3 Å². The van der Waals surface area contributed by atoms with E-state index in [4.69, 9.17) is 0 Å². The number of amides is 2. The van der Waals surface area contributed by atoms with Gasteiger partial charge in [0.15, 0.2) is 5.69 Å². The summed E-state index contributed by atoms with van der Waals surface area (Å²) in [5.41, 5.74) is 1.86. The van der Waals surface area contributed by atoms with Gasteiger partial charge in [0.2, 0.25) is 0 Å². The molecule has 0 aliphatic heterocycles. The molecule has 34 heavy (non-hydrogen) atoms. The van der Waals surface area contributed by atoms with Crippen molar-refractivity contribution in [2.75, 3.05) is 11.9 Å². The molecule has 0 spiro atoms. The first-order valence-electron chi connectivity index (χ1n) is 11.2. The maximum atomic E-state index is 13.2. The molecule has 1 saturated carbocycles. The topological polar surface area (TPSA) is 102 Å². The quantitative estimate of drug-likeness (QED) is 0.439. The number of hydrogen-bond donors (Lipinski definition) is 2. The smallest absolute Gasteiger partial charge is 0.272 e. The highest BCUT2D eigenvalue weighted by Gasteiger charge is 2.21. The predicted molar refractivity (Wildman–Crippen MR) is 125 cm³/mol. The minimum Gasteiger partial charge on any atom is -0.350 e. The maximum Gasteiger partial charge on any atom is 0.272 e. The summed E-state index contributed by atoms with van der Waals surface area (Å²) in [5.74, 6) is -0.785. The Bertz CT molecular complexity index is 1360. The van der Waals surface area contributed by atoms with Crippen LogP contribution in [-0.2, 0) is 6.54 Å². The van der Waals surface area contributed by atoms with Gasteiger partial charge in [-0.1, -0.05) is 47.1 Å². The van der Waals surface area contributed by atoms with Crippen LogP contribution < -0.4 is 10.6 Å². The molecule has 0 atom stereocenters. The summed E-state index contributed by atoms with van der Waals surface area (Å²) in [5, 5.41) is 14.5. The number of rotatable bonds is 7. The van der Waals surface area contributed by atoms with Crippen molar-refractivity contribution < 1.29 is 14.0 Å². The van der Waals surface area contributed by atoms with Crippen LogP contribution in [0.25, 0.3) is 10.8 Å². The number of halogens is 1. The molecule has 2 aromatic heterocycles. The van der Waals surface area contributed by atoms with Crippen molar-refractivity contribution in [2.24, 2.45) is 5.92 Å². The monoisotopic (exact) mass is 458 g/mol. The van der Waals surface area contributed by atoms with Crippen molar-refractivity contribution >= 4 is 28.3 Å². The van der Waals surface area contributed by atoms with Crippen molar-refractivity contribution in [3.8, 4) is 0 Å². The minimum atomic E-state index is -0.649. The normalized spacial score (nSPS) is 13.4. The molecule has 2 amide bonds. The predicted octanol–water partition coefficient (Wildman–Crippen LogP) is 3.80. The number of pyridine rings is 1. The summed E-state index contributed by atoms with van der Waals surface area (Å²) >= 11 is 0. The standard InChI is InChI=1S/C25H23FN6O2/c26-22-15-32(31-30-22)14-17-10-11-20(19-8-2-1-7-18(17)19)24(33)29-21-9-4-12-27-23(21)25(34)28-13-16-5-3-6-16/h1-2,4,7-12,15-16H,3,5-6,13-14H2,(H,28,34)(H,29,33). The number of fused-ring (bicyclic) bond motifs is 1. The van der Waals surface area contributed by atoms with Crippen LogP contribution in [0.4, 0.5) is 10.1 Å². The molecular formula is C25H23FN6O2. The molecule has 0 bridgehead atoms. The lowest BCUT2D eigenvalue weighted by atomic mass is 9.85. The first-order valence-corrected chi connectivity index (χ1v) is 11.2. The Hall–Kier alpha value is -4.14. The lowest BCUT2D eigenvalue weighted by molar-refractivity contribution is 0.0935.